The first kappa shape index (κ1) is 18.3. The Morgan fingerprint density at radius 1 is 1.10 bits per heavy atom. The number of aromatic hydroxyl groups is 1. The van der Waals surface area contributed by atoms with Crippen molar-refractivity contribution in [1.29, 1.82) is 0 Å². The van der Waals surface area contributed by atoms with Crippen LogP contribution in [0.4, 0.5) is 5.82 Å². The van der Waals surface area contributed by atoms with Crippen molar-refractivity contribution in [3.63, 3.8) is 0 Å². The summed E-state index contributed by atoms with van der Waals surface area (Å²) in [5.74, 6) is 2.48. The lowest BCUT2D eigenvalue weighted by Gasteiger charge is -2.20. The van der Waals surface area contributed by atoms with E-state index >= 15 is 0 Å². The summed E-state index contributed by atoms with van der Waals surface area (Å²) < 4.78 is 12.1. The van der Waals surface area contributed by atoms with Gasteiger partial charge in [-0.3, -0.25) is 0 Å². The molecule has 0 amide bonds. The summed E-state index contributed by atoms with van der Waals surface area (Å²) in [4.78, 5) is 7.05. The van der Waals surface area contributed by atoms with Crippen LogP contribution in [0.1, 0.15) is 6.42 Å². The molecule has 3 heterocycles. The van der Waals surface area contributed by atoms with Crippen LogP contribution >= 0.6 is 15.9 Å². The van der Waals surface area contributed by atoms with Crippen molar-refractivity contribution >= 4 is 21.7 Å². The Kier molecular flexibility index (Phi) is 4.56. The van der Waals surface area contributed by atoms with E-state index in [1.165, 1.54) is 0 Å². The molecule has 2 aromatic carbocycles. The minimum absolute atomic E-state index is 0.140. The van der Waals surface area contributed by atoms with Crippen LogP contribution in [0.15, 0.2) is 53.0 Å². The number of phenols is 1. The van der Waals surface area contributed by atoms with E-state index < -0.39 is 0 Å². The summed E-state index contributed by atoms with van der Waals surface area (Å²) in [5.41, 5.74) is 9.36. The van der Waals surface area contributed by atoms with E-state index in [4.69, 9.17) is 20.2 Å². The molecule has 5 rings (SSSR count). The molecule has 3 aromatic rings. The van der Waals surface area contributed by atoms with Crippen LogP contribution in [0.5, 0.6) is 17.2 Å². The Morgan fingerprint density at radius 2 is 2.00 bits per heavy atom. The molecule has 0 spiro atoms. The summed E-state index contributed by atoms with van der Waals surface area (Å²) in [6.45, 7) is 1.82. The number of fused-ring (bicyclic) bond motifs is 1. The zero-order valence-corrected chi connectivity index (χ0v) is 17.2. The van der Waals surface area contributed by atoms with Gasteiger partial charge in [0.05, 0.1) is 5.69 Å². The first-order chi connectivity index (χ1) is 14.1. The lowest BCUT2D eigenvalue weighted by Crippen LogP contribution is -2.27. The van der Waals surface area contributed by atoms with Gasteiger partial charge >= 0.3 is 0 Å². The zero-order valence-electron chi connectivity index (χ0n) is 15.6. The first-order valence-electron chi connectivity index (χ1n) is 9.49. The number of rotatable bonds is 3. The van der Waals surface area contributed by atoms with Crippen molar-refractivity contribution in [3.05, 3.63) is 53.0 Å². The molecule has 6 nitrogen and oxygen atoms in total. The quantitative estimate of drug-likeness (QED) is 0.619. The Hall–Kier alpha value is -2.77. The van der Waals surface area contributed by atoms with E-state index in [0.29, 0.717) is 11.3 Å². The highest BCUT2D eigenvalue weighted by atomic mass is 79.9. The normalized spacial score (nSPS) is 17.7. The molecule has 148 valence electrons. The Morgan fingerprint density at radius 3 is 2.83 bits per heavy atom. The van der Waals surface area contributed by atoms with E-state index in [1.54, 1.807) is 12.1 Å². The number of hydrogen-bond donors (Lipinski definition) is 2. The third kappa shape index (κ3) is 3.41. The van der Waals surface area contributed by atoms with Crippen LogP contribution in [0, 0.1) is 0 Å². The fourth-order valence-electron chi connectivity index (χ4n) is 3.84. The number of aromatic nitrogens is 1. The second-order valence-corrected chi connectivity index (χ2v) is 8.21. The van der Waals surface area contributed by atoms with Crippen molar-refractivity contribution in [2.75, 3.05) is 24.8 Å². The van der Waals surface area contributed by atoms with Gasteiger partial charge in [0.15, 0.2) is 11.5 Å². The van der Waals surface area contributed by atoms with Gasteiger partial charge in [-0.2, -0.15) is 0 Å². The lowest BCUT2D eigenvalue weighted by atomic mass is 10.0. The largest absolute Gasteiger partial charge is 0.507 e. The molecule has 1 atom stereocenters. The Bertz CT molecular complexity index is 1090. The number of pyridine rings is 1. The second-order valence-electron chi connectivity index (χ2n) is 7.29. The summed E-state index contributed by atoms with van der Waals surface area (Å²) in [6, 6.07) is 15.4. The van der Waals surface area contributed by atoms with Gasteiger partial charge in [0.2, 0.25) is 6.79 Å². The van der Waals surface area contributed by atoms with Gasteiger partial charge in [-0.1, -0.05) is 28.1 Å². The van der Waals surface area contributed by atoms with E-state index in [0.717, 1.165) is 52.4 Å². The molecule has 2 aliphatic rings. The van der Waals surface area contributed by atoms with Crippen molar-refractivity contribution < 1.29 is 14.6 Å². The Labute approximate surface area is 177 Å². The number of nitrogens with zero attached hydrogens (tertiary/aromatic N) is 2. The lowest BCUT2D eigenvalue weighted by molar-refractivity contribution is 0.174. The molecule has 3 N–H and O–H groups in total. The summed E-state index contributed by atoms with van der Waals surface area (Å²) in [7, 11) is 0. The smallest absolute Gasteiger partial charge is 0.231 e. The number of benzene rings is 2. The first-order valence-corrected chi connectivity index (χ1v) is 10.3. The fourth-order valence-corrected chi connectivity index (χ4v) is 4.20. The van der Waals surface area contributed by atoms with Crippen molar-refractivity contribution in [2.24, 2.45) is 5.73 Å². The monoisotopic (exact) mass is 453 g/mol. The van der Waals surface area contributed by atoms with Crippen LogP contribution < -0.4 is 20.1 Å². The van der Waals surface area contributed by atoms with Gasteiger partial charge in [0, 0.05) is 34.7 Å². The van der Waals surface area contributed by atoms with E-state index in [-0.39, 0.29) is 18.6 Å². The van der Waals surface area contributed by atoms with E-state index in [9.17, 15) is 5.11 Å². The zero-order chi connectivity index (χ0) is 20.0. The second kappa shape index (κ2) is 7.24. The van der Waals surface area contributed by atoms with E-state index in [1.807, 2.05) is 36.4 Å². The number of anilines is 1. The van der Waals surface area contributed by atoms with Crippen LogP contribution in [-0.2, 0) is 0 Å². The van der Waals surface area contributed by atoms with Gasteiger partial charge in [0.1, 0.15) is 11.6 Å². The number of ether oxygens (including phenoxy) is 2. The highest BCUT2D eigenvalue weighted by Gasteiger charge is 2.24. The highest BCUT2D eigenvalue weighted by Crippen LogP contribution is 2.43. The number of halogens is 1. The molecule has 0 saturated carbocycles. The third-order valence-corrected chi connectivity index (χ3v) is 5.80. The molecule has 1 fully saturated rings. The standard InChI is InChI=1S/C22H20BrN3O3/c23-14-4-5-19(27)17(10-14)18-8-13(9-21(25-18)26-7-6-15(24)11-26)16-2-1-3-20-22(16)29-12-28-20/h1-5,8-10,15,27H,6-7,11-12,24H2. The van der Waals surface area contributed by atoms with Gasteiger partial charge in [0.25, 0.3) is 0 Å². The average molecular weight is 454 g/mol. The maximum atomic E-state index is 10.5. The minimum Gasteiger partial charge on any atom is -0.507 e. The Balaban J connectivity index is 1.69. The van der Waals surface area contributed by atoms with Crippen molar-refractivity contribution in [2.45, 2.75) is 12.5 Å². The van der Waals surface area contributed by atoms with Crippen LogP contribution in [-0.4, -0.2) is 36.0 Å². The molecule has 7 heteroatoms. The van der Waals surface area contributed by atoms with Crippen molar-refractivity contribution in [1.82, 2.24) is 4.98 Å². The van der Waals surface area contributed by atoms with Gasteiger partial charge in [-0.15, -0.1) is 0 Å². The molecule has 29 heavy (non-hydrogen) atoms. The SMILES string of the molecule is NC1CCN(c2cc(-c3cccc4c3OCO4)cc(-c3cc(Br)ccc3O)n2)C1. The molecule has 0 radical (unpaired) electrons. The molecule has 0 bridgehead atoms. The maximum absolute atomic E-state index is 10.5. The van der Waals surface area contributed by atoms with Gasteiger partial charge < -0.3 is 25.2 Å². The average Bonchev–Trinajstić information content (AvgIpc) is 3.38. The number of phenolic OH excluding ortho intramolecular Hbond substituents is 1. The molecule has 0 aliphatic carbocycles. The molecule has 1 saturated heterocycles. The molecule has 1 unspecified atom stereocenters. The molecule has 1 aromatic heterocycles. The highest BCUT2D eigenvalue weighted by molar-refractivity contribution is 9.10. The predicted octanol–water partition coefficient (Wildman–Crippen LogP) is 4.15. The van der Waals surface area contributed by atoms with E-state index in [2.05, 4.69) is 20.8 Å². The fraction of sp³-hybridized carbons (Fsp3) is 0.227. The van der Waals surface area contributed by atoms with Crippen LogP contribution in [0.2, 0.25) is 0 Å². The van der Waals surface area contributed by atoms with Gasteiger partial charge in [-0.05, 0) is 48.4 Å². The number of nitrogens with two attached hydrogens (primary N) is 1. The number of para-hydroxylation sites is 1. The molecular weight excluding hydrogens is 434 g/mol. The third-order valence-electron chi connectivity index (χ3n) is 5.30. The summed E-state index contributed by atoms with van der Waals surface area (Å²) in [5, 5.41) is 10.5. The van der Waals surface area contributed by atoms with Crippen LogP contribution in [0.25, 0.3) is 22.4 Å². The van der Waals surface area contributed by atoms with Gasteiger partial charge in [-0.25, -0.2) is 4.98 Å². The topological polar surface area (TPSA) is 80.8 Å². The van der Waals surface area contributed by atoms with Crippen molar-refractivity contribution in [3.8, 4) is 39.6 Å². The molecular formula is C22H20BrN3O3. The minimum atomic E-state index is 0.140. The van der Waals surface area contributed by atoms with Crippen LogP contribution in [0.3, 0.4) is 0 Å². The predicted molar refractivity (Wildman–Crippen MR) is 115 cm³/mol. The summed E-state index contributed by atoms with van der Waals surface area (Å²) in [6.07, 6.45) is 0.932. The molecule has 2 aliphatic heterocycles. The maximum Gasteiger partial charge on any atom is 0.231 e. The number of hydrogen-bond acceptors (Lipinski definition) is 6. The summed E-state index contributed by atoms with van der Waals surface area (Å²) >= 11 is 3.49.